The maximum absolute atomic E-state index is 4.46. The Morgan fingerprint density at radius 2 is 1.54 bits per heavy atom. The highest BCUT2D eigenvalue weighted by atomic mass is 15.5. The number of hydrogen-bond acceptors (Lipinski definition) is 5. The van der Waals surface area contributed by atoms with E-state index >= 15 is 0 Å². The third kappa shape index (κ3) is 3.92. The van der Waals surface area contributed by atoms with Gasteiger partial charge in [0.2, 0.25) is 0 Å². The van der Waals surface area contributed by atoms with Crippen LogP contribution in [0.5, 0.6) is 0 Å². The van der Waals surface area contributed by atoms with Crippen molar-refractivity contribution in [3.05, 3.63) is 77.6 Å². The Labute approximate surface area is 140 Å². The lowest BCUT2D eigenvalue weighted by molar-refractivity contribution is 0.790. The molecule has 2 aromatic carbocycles. The smallest absolute Gasteiger partial charge is 0.244 e. The summed E-state index contributed by atoms with van der Waals surface area (Å²) in [5.41, 5.74) is 4.90. The van der Waals surface area contributed by atoms with Crippen LogP contribution in [0.15, 0.2) is 70.9 Å². The van der Waals surface area contributed by atoms with Crippen LogP contribution in [-0.2, 0) is 6.42 Å². The molecule has 3 rings (SSSR count). The zero-order valence-corrected chi connectivity index (χ0v) is 13.4. The van der Waals surface area contributed by atoms with Gasteiger partial charge in [0.25, 0.3) is 5.95 Å². The fraction of sp³-hybridized carbons (Fsp3) is 0.111. The summed E-state index contributed by atoms with van der Waals surface area (Å²) in [6, 6.07) is 19.7. The topological polar surface area (TPSA) is 67.5 Å². The van der Waals surface area contributed by atoms with Gasteiger partial charge < -0.3 is 0 Å². The molecule has 1 heterocycles. The molecule has 3 aromatic rings. The molecule has 6 nitrogen and oxygen atoms in total. The molecule has 0 aliphatic carbocycles. The number of anilines is 1. The van der Waals surface area contributed by atoms with Gasteiger partial charge in [0.05, 0.1) is 12.4 Å². The maximum atomic E-state index is 4.46. The number of nitrogens with zero attached hydrogens (tertiary/aromatic N) is 5. The first-order valence-corrected chi connectivity index (χ1v) is 7.74. The van der Waals surface area contributed by atoms with Crippen LogP contribution in [0.25, 0.3) is 0 Å². The van der Waals surface area contributed by atoms with Crippen LogP contribution in [0, 0.1) is 0 Å². The van der Waals surface area contributed by atoms with Crippen LogP contribution < -0.4 is 5.43 Å². The fourth-order valence-corrected chi connectivity index (χ4v) is 2.09. The predicted molar refractivity (Wildman–Crippen MR) is 96.5 cm³/mol. The molecule has 0 aliphatic rings. The second-order valence-corrected chi connectivity index (χ2v) is 5.04. The Morgan fingerprint density at radius 1 is 0.917 bits per heavy atom. The average molecular weight is 318 g/mol. The van der Waals surface area contributed by atoms with Gasteiger partial charge in [-0.1, -0.05) is 67.6 Å². The molecule has 24 heavy (non-hydrogen) atoms. The largest absolute Gasteiger partial charge is 0.266 e. The van der Waals surface area contributed by atoms with Gasteiger partial charge in [0, 0.05) is 6.42 Å². The van der Waals surface area contributed by atoms with Crippen molar-refractivity contribution in [2.75, 3.05) is 5.43 Å². The van der Waals surface area contributed by atoms with Gasteiger partial charge in [-0.05, 0) is 11.1 Å². The van der Waals surface area contributed by atoms with E-state index in [-0.39, 0.29) is 0 Å². The molecule has 0 saturated carbocycles. The van der Waals surface area contributed by atoms with Gasteiger partial charge in [-0.3, -0.25) is 0 Å². The van der Waals surface area contributed by atoms with E-state index in [4.69, 9.17) is 0 Å². The molecule has 0 unspecified atom stereocenters. The van der Waals surface area contributed by atoms with E-state index in [2.05, 4.69) is 25.8 Å². The normalized spacial score (nSPS) is 11.4. The molecule has 0 atom stereocenters. The molecule has 120 valence electrons. The van der Waals surface area contributed by atoms with Gasteiger partial charge in [0.15, 0.2) is 5.82 Å². The number of rotatable bonds is 6. The number of hydrazone groups is 1. The van der Waals surface area contributed by atoms with Crippen molar-refractivity contribution in [1.82, 2.24) is 14.9 Å². The van der Waals surface area contributed by atoms with E-state index in [1.807, 2.05) is 67.6 Å². The highest BCUT2D eigenvalue weighted by Crippen LogP contribution is 2.09. The number of benzene rings is 2. The van der Waals surface area contributed by atoms with Crippen molar-refractivity contribution in [2.24, 2.45) is 10.2 Å². The van der Waals surface area contributed by atoms with Crippen LogP contribution >= 0.6 is 0 Å². The molecular weight excluding hydrogens is 300 g/mol. The Kier molecular flexibility index (Phi) is 5.09. The third-order valence-electron chi connectivity index (χ3n) is 3.32. The Hall–Kier alpha value is -3.28. The molecule has 0 aliphatic heterocycles. The van der Waals surface area contributed by atoms with Crippen LogP contribution in [0.4, 0.5) is 5.95 Å². The predicted octanol–water partition coefficient (Wildman–Crippen LogP) is 3.17. The van der Waals surface area contributed by atoms with Gasteiger partial charge in [0.1, 0.15) is 0 Å². The summed E-state index contributed by atoms with van der Waals surface area (Å²) in [7, 11) is 0. The second kappa shape index (κ2) is 7.82. The van der Waals surface area contributed by atoms with E-state index in [9.17, 15) is 0 Å². The van der Waals surface area contributed by atoms with Crippen molar-refractivity contribution >= 4 is 18.4 Å². The summed E-state index contributed by atoms with van der Waals surface area (Å²) in [5.74, 6) is 1.24. The SMILES string of the molecule is CCc1nnc(N/N=C\c2ccccc2)n1/N=C\c1ccccc1. The van der Waals surface area contributed by atoms with Gasteiger partial charge in [-0.2, -0.15) is 14.9 Å². The van der Waals surface area contributed by atoms with Gasteiger partial charge in [-0.15, -0.1) is 10.2 Å². The highest BCUT2D eigenvalue weighted by Gasteiger charge is 2.08. The minimum atomic E-state index is 0.478. The summed E-state index contributed by atoms with van der Waals surface area (Å²) in [6.45, 7) is 2.01. The summed E-state index contributed by atoms with van der Waals surface area (Å²) < 4.78 is 1.66. The highest BCUT2D eigenvalue weighted by molar-refractivity contribution is 5.80. The van der Waals surface area contributed by atoms with E-state index in [1.165, 1.54) is 0 Å². The Balaban J connectivity index is 1.78. The van der Waals surface area contributed by atoms with Crippen molar-refractivity contribution < 1.29 is 0 Å². The van der Waals surface area contributed by atoms with Crippen molar-refractivity contribution in [2.45, 2.75) is 13.3 Å². The molecule has 0 amide bonds. The van der Waals surface area contributed by atoms with Gasteiger partial charge in [-0.25, -0.2) is 5.43 Å². The van der Waals surface area contributed by atoms with E-state index in [0.29, 0.717) is 5.95 Å². The lowest BCUT2D eigenvalue weighted by atomic mass is 10.2. The monoisotopic (exact) mass is 318 g/mol. The molecule has 6 heteroatoms. The summed E-state index contributed by atoms with van der Waals surface area (Å²) >= 11 is 0. The third-order valence-corrected chi connectivity index (χ3v) is 3.32. The minimum Gasteiger partial charge on any atom is -0.244 e. The lowest BCUT2D eigenvalue weighted by Crippen LogP contribution is -2.02. The quantitative estimate of drug-likeness (QED) is 0.561. The van der Waals surface area contributed by atoms with E-state index in [1.54, 1.807) is 17.1 Å². The Morgan fingerprint density at radius 3 is 2.17 bits per heavy atom. The first-order chi connectivity index (χ1) is 11.9. The first kappa shape index (κ1) is 15.6. The number of aromatic nitrogens is 3. The molecule has 0 saturated heterocycles. The summed E-state index contributed by atoms with van der Waals surface area (Å²) in [5, 5.41) is 16.9. The van der Waals surface area contributed by atoms with Crippen LogP contribution in [-0.4, -0.2) is 27.3 Å². The lowest BCUT2D eigenvalue weighted by Gasteiger charge is -2.02. The average Bonchev–Trinajstić information content (AvgIpc) is 3.04. The summed E-state index contributed by atoms with van der Waals surface area (Å²) in [6.07, 6.45) is 4.23. The molecule has 0 radical (unpaired) electrons. The molecule has 1 N–H and O–H groups in total. The molecule has 0 bridgehead atoms. The molecular formula is C18H18N6. The standard InChI is InChI=1S/C18H18N6/c1-2-17-21-23-18(22-19-13-15-9-5-3-6-10-15)24(17)20-14-16-11-7-4-8-12-16/h3-14H,2H2,1H3,(H,22,23)/b19-13-,20-14-. The minimum absolute atomic E-state index is 0.478. The van der Waals surface area contributed by atoms with Crippen LogP contribution in [0.3, 0.4) is 0 Å². The molecule has 0 fully saturated rings. The van der Waals surface area contributed by atoms with E-state index < -0.39 is 0 Å². The van der Waals surface area contributed by atoms with Crippen LogP contribution in [0.1, 0.15) is 23.9 Å². The number of aryl methyl sites for hydroxylation is 1. The fourth-order valence-electron chi connectivity index (χ4n) is 2.09. The maximum Gasteiger partial charge on any atom is 0.266 e. The molecule has 1 aromatic heterocycles. The van der Waals surface area contributed by atoms with Crippen molar-refractivity contribution in [1.29, 1.82) is 0 Å². The van der Waals surface area contributed by atoms with Crippen molar-refractivity contribution in [3.63, 3.8) is 0 Å². The zero-order valence-electron chi connectivity index (χ0n) is 13.4. The zero-order chi connectivity index (χ0) is 16.6. The van der Waals surface area contributed by atoms with Crippen LogP contribution in [0.2, 0.25) is 0 Å². The number of nitrogens with one attached hydrogen (secondary N) is 1. The molecule has 0 spiro atoms. The van der Waals surface area contributed by atoms with Crippen molar-refractivity contribution in [3.8, 4) is 0 Å². The second-order valence-electron chi connectivity index (χ2n) is 5.04. The van der Waals surface area contributed by atoms with Gasteiger partial charge >= 0.3 is 0 Å². The Bertz CT molecular complexity index is 821. The van der Waals surface area contributed by atoms with E-state index in [0.717, 1.165) is 23.4 Å². The number of hydrogen-bond donors (Lipinski definition) is 1. The summed E-state index contributed by atoms with van der Waals surface area (Å²) in [4.78, 5) is 0. The first-order valence-electron chi connectivity index (χ1n) is 7.74.